The second-order valence-electron chi connectivity index (χ2n) is 4.39. The number of carbonyl (C=O) groups is 2. The predicted molar refractivity (Wildman–Crippen MR) is 72.9 cm³/mol. The number of carboxylic acid groups (broad SMARTS) is 1. The van der Waals surface area contributed by atoms with Crippen LogP contribution in [0.15, 0.2) is 18.2 Å². The zero-order valence-corrected chi connectivity index (χ0v) is 11.4. The van der Waals surface area contributed by atoms with Gasteiger partial charge < -0.3 is 31.1 Å². The third kappa shape index (κ3) is 4.62. The lowest BCUT2D eigenvalue weighted by atomic mass is 10.0. The van der Waals surface area contributed by atoms with E-state index in [0.717, 1.165) is 0 Å². The van der Waals surface area contributed by atoms with Gasteiger partial charge in [-0.1, -0.05) is 6.07 Å². The number of ether oxygens (including phenoxy) is 1. The van der Waals surface area contributed by atoms with Crippen molar-refractivity contribution < 1.29 is 29.6 Å². The SMILES string of the molecule is COC(CN)C(=O)NC(Cc1ccc(O)c(O)c1)C(=O)O. The molecule has 2 unspecified atom stereocenters. The summed E-state index contributed by atoms with van der Waals surface area (Å²) in [5.74, 6) is -2.53. The minimum atomic E-state index is -1.23. The third-order valence-electron chi connectivity index (χ3n) is 2.89. The predicted octanol–water partition coefficient (Wildman–Crippen LogP) is -0.817. The second-order valence-corrected chi connectivity index (χ2v) is 4.39. The number of phenols is 2. The van der Waals surface area contributed by atoms with Gasteiger partial charge in [-0.3, -0.25) is 4.79 Å². The van der Waals surface area contributed by atoms with Gasteiger partial charge >= 0.3 is 5.97 Å². The fraction of sp³-hybridized carbons (Fsp3) is 0.385. The maximum Gasteiger partial charge on any atom is 0.326 e. The zero-order chi connectivity index (χ0) is 16.0. The minimum absolute atomic E-state index is 0.0596. The minimum Gasteiger partial charge on any atom is -0.504 e. The van der Waals surface area contributed by atoms with E-state index in [9.17, 15) is 19.8 Å². The summed E-state index contributed by atoms with van der Waals surface area (Å²) in [5.41, 5.74) is 5.78. The molecule has 0 heterocycles. The van der Waals surface area contributed by atoms with Gasteiger partial charge in [-0.2, -0.15) is 0 Å². The molecule has 1 aromatic carbocycles. The summed E-state index contributed by atoms with van der Waals surface area (Å²) in [7, 11) is 1.30. The number of phenolic OH excluding ortho intramolecular Hbond substituents is 2. The van der Waals surface area contributed by atoms with Crippen LogP contribution < -0.4 is 11.1 Å². The van der Waals surface area contributed by atoms with Crippen LogP contribution in [0.5, 0.6) is 11.5 Å². The van der Waals surface area contributed by atoms with E-state index in [1.165, 1.54) is 25.3 Å². The number of hydrogen-bond donors (Lipinski definition) is 5. The molecule has 116 valence electrons. The van der Waals surface area contributed by atoms with Crippen molar-refractivity contribution in [2.24, 2.45) is 5.73 Å². The van der Waals surface area contributed by atoms with E-state index in [1.54, 1.807) is 0 Å². The molecule has 6 N–H and O–H groups in total. The Labute approximate surface area is 121 Å². The molecular formula is C13H18N2O6. The van der Waals surface area contributed by atoms with Crippen molar-refractivity contribution in [3.63, 3.8) is 0 Å². The number of carboxylic acids is 1. The molecule has 21 heavy (non-hydrogen) atoms. The summed E-state index contributed by atoms with van der Waals surface area (Å²) >= 11 is 0. The van der Waals surface area contributed by atoms with Gasteiger partial charge in [0.1, 0.15) is 12.1 Å². The lowest BCUT2D eigenvalue weighted by Gasteiger charge is -2.18. The number of benzene rings is 1. The number of methoxy groups -OCH3 is 1. The van der Waals surface area contributed by atoms with Crippen LogP contribution in [0.25, 0.3) is 0 Å². The molecule has 0 fully saturated rings. The monoisotopic (exact) mass is 298 g/mol. The molecule has 0 spiro atoms. The lowest BCUT2D eigenvalue weighted by Crippen LogP contribution is -2.49. The van der Waals surface area contributed by atoms with Crippen molar-refractivity contribution in [2.45, 2.75) is 18.6 Å². The van der Waals surface area contributed by atoms with Crippen molar-refractivity contribution in [2.75, 3.05) is 13.7 Å². The topological polar surface area (TPSA) is 142 Å². The molecular weight excluding hydrogens is 280 g/mol. The average molecular weight is 298 g/mol. The van der Waals surface area contributed by atoms with Gasteiger partial charge in [0.15, 0.2) is 11.5 Å². The van der Waals surface area contributed by atoms with Gasteiger partial charge in [-0.15, -0.1) is 0 Å². The molecule has 8 nitrogen and oxygen atoms in total. The molecule has 1 aromatic rings. The summed E-state index contributed by atoms with van der Waals surface area (Å²) in [6.45, 7) is -0.0747. The number of nitrogens with one attached hydrogen (secondary N) is 1. The summed E-state index contributed by atoms with van der Waals surface area (Å²) in [4.78, 5) is 23.0. The van der Waals surface area contributed by atoms with E-state index in [-0.39, 0.29) is 24.5 Å². The Bertz CT molecular complexity index is 515. The summed E-state index contributed by atoms with van der Waals surface area (Å²) in [6.07, 6.45) is -0.990. The highest BCUT2D eigenvalue weighted by atomic mass is 16.5. The fourth-order valence-corrected chi connectivity index (χ4v) is 1.71. The normalized spacial score (nSPS) is 13.4. The van der Waals surface area contributed by atoms with E-state index in [0.29, 0.717) is 5.56 Å². The first-order valence-electron chi connectivity index (χ1n) is 6.16. The van der Waals surface area contributed by atoms with Gasteiger partial charge in [-0.25, -0.2) is 4.79 Å². The van der Waals surface area contributed by atoms with Crippen LogP contribution in [-0.2, 0) is 20.7 Å². The summed E-state index contributed by atoms with van der Waals surface area (Å²) in [6, 6.07) is 2.72. The largest absolute Gasteiger partial charge is 0.504 e. The summed E-state index contributed by atoms with van der Waals surface area (Å²) in [5, 5.41) is 30.0. The van der Waals surface area contributed by atoms with Crippen molar-refractivity contribution >= 4 is 11.9 Å². The number of hydrogen-bond acceptors (Lipinski definition) is 6. The van der Waals surface area contributed by atoms with Crippen LogP contribution >= 0.6 is 0 Å². The van der Waals surface area contributed by atoms with Crippen molar-refractivity contribution in [3.8, 4) is 11.5 Å². The molecule has 0 saturated heterocycles. The van der Waals surface area contributed by atoms with Crippen LogP contribution in [0.3, 0.4) is 0 Å². The van der Waals surface area contributed by atoms with Crippen molar-refractivity contribution in [3.05, 3.63) is 23.8 Å². The smallest absolute Gasteiger partial charge is 0.326 e. The van der Waals surface area contributed by atoms with E-state index < -0.39 is 24.0 Å². The van der Waals surface area contributed by atoms with Crippen molar-refractivity contribution in [1.82, 2.24) is 5.32 Å². The van der Waals surface area contributed by atoms with Crippen LogP contribution in [0.2, 0.25) is 0 Å². The Hall–Kier alpha value is -2.32. The molecule has 0 saturated carbocycles. The number of nitrogens with two attached hydrogens (primary N) is 1. The number of carbonyl (C=O) groups excluding carboxylic acids is 1. The zero-order valence-electron chi connectivity index (χ0n) is 11.4. The molecule has 0 aliphatic rings. The Morgan fingerprint density at radius 2 is 2.00 bits per heavy atom. The number of aliphatic carboxylic acids is 1. The highest BCUT2D eigenvalue weighted by Crippen LogP contribution is 2.25. The average Bonchev–Trinajstić information content (AvgIpc) is 2.43. The van der Waals surface area contributed by atoms with Gasteiger partial charge in [0, 0.05) is 20.1 Å². The molecule has 0 aliphatic heterocycles. The number of rotatable bonds is 7. The number of amides is 1. The highest BCUT2D eigenvalue weighted by molar-refractivity contribution is 5.86. The molecule has 1 rings (SSSR count). The Balaban J connectivity index is 2.80. The molecule has 0 aromatic heterocycles. The van der Waals surface area contributed by atoms with Crippen LogP contribution in [0, 0.1) is 0 Å². The fourth-order valence-electron chi connectivity index (χ4n) is 1.71. The van der Waals surface area contributed by atoms with E-state index in [2.05, 4.69) is 5.32 Å². The Morgan fingerprint density at radius 3 is 2.48 bits per heavy atom. The van der Waals surface area contributed by atoms with Crippen LogP contribution in [0.1, 0.15) is 5.56 Å². The molecule has 0 radical (unpaired) electrons. The Kier molecular flexibility index (Phi) is 5.94. The van der Waals surface area contributed by atoms with Gasteiger partial charge in [0.2, 0.25) is 0 Å². The van der Waals surface area contributed by atoms with Crippen LogP contribution in [0.4, 0.5) is 0 Å². The second kappa shape index (κ2) is 7.46. The van der Waals surface area contributed by atoms with Crippen LogP contribution in [-0.4, -0.2) is 53.0 Å². The first-order valence-corrected chi connectivity index (χ1v) is 6.16. The first-order chi connectivity index (χ1) is 9.88. The molecule has 8 heteroatoms. The molecule has 0 bridgehead atoms. The molecule has 1 amide bonds. The Morgan fingerprint density at radius 1 is 1.33 bits per heavy atom. The van der Waals surface area contributed by atoms with Gasteiger partial charge in [0.25, 0.3) is 5.91 Å². The highest BCUT2D eigenvalue weighted by Gasteiger charge is 2.24. The van der Waals surface area contributed by atoms with E-state index in [4.69, 9.17) is 15.6 Å². The van der Waals surface area contributed by atoms with E-state index >= 15 is 0 Å². The first kappa shape index (κ1) is 16.7. The molecule has 2 atom stereocenters. The van der Waals surface area contributed by atoms with Gasteiger partial charge in [-0.05, 0) is 17.7 Å². The molecule has 0 aliphatic carbocycles. The third-order valence-corrected chi connectivity index (χ3v) is 2.89. The standard InChI is InChI=1S/C13H18N2O6/c1-21-11(6-14)12(18)15-8(13(19)20)4-7-2-3-9(16)10(17)5-7/h2-3,5,8,11,16-17H,4,6,14H2,1H3,(H,15,18)(H,19,20). The number of aromatic hydroxyl groups is 2. The maximum absolute atomic E-state index is 11.8. The van der Waals surface area contributed by atoms with Gasteiger partial charge in [0.05, 0.1) is 0 Å². The van der Waals surface area contributed by atoms with E-state index in [1.807, 2.05) is 0 Å². The van der Waals surface area contributed by atoms with Crippen molar-refractivity contribution in [1.29, 1.82) is 0 Å². The summed E-state index contributed by atoms with van der Waals surface area (Å²) < 4.78 is 4.82. The lowest BCUT2D eigenvalue weighted by molar-refractivity contribution is -0.143. The maximum atomic E-state index is 11.8. The quantitative estimate of drug-likeness (QED) is 0.414.